The van der Waals surface area contributed by atoms with Gasteiger partial charge >= 0.3 is 0 Å². The van der Waals surface area contributed by atoms with Crippen LogP contribution in [-0.2, 0) is 6.61 Å². The van der Waals surface area contributed by atoms with Gasteiger partial charge in [-0.25, -0.2) is 4.98 Å². The van der Waals surface area contributed by atoms with E-state index in [4.69, 9.17) is 4.74 Å². The molecule has 1 heterocycles. The summed E-state index contributed by atoms with van der Waals surface area (Å²) in [6.45, 7) is 2.04. The van der Waals surface area contributed by atoms with E-state index in [1.807, 2.05) is 24.3 Å². The number of aromatic nitrogens is 1. The third-order valence-corrected chi connectivity index (χ3v) is 4.22. The Bertz CT molecular complexity index is 886. The molecule has 2 aromatic carbocycles. The number of pyridine rings is 1. The number of aliphatic hydroxyl groups is 1. The molecule has 0 bridgehead atoms. The van der Waals surface area contributed by atoms with Crippen LogP contribution in [0, 0.1) is 6.92 Å². The number of hydrogen-bond acceptors (Lipinski definition) is 3. The number of nitrogens with zero attached hydrogens (tertiary/aromatic N) is 1. The first kappa shape index (κ1) is 16.9. The van der Waals surface area contributed by atoms with Gasteiger partial charge in [-0.2, -0.15) is 0 Å². The lowest BCUT2D eigenvalue weighted by Gasteiger charge is -2.09. The molecule has 0 amide bonds. The van der Waals surface area contributed by atoms with Gasteiger partial charge in [-0.05, 0) is 47.4 Å². The van der Waals surface area contributed by atoms with Gasteiger partial charge in [0.05, 0.1) is 19.4 Å². The van der Waals surface area contributed by atoms with Crippen LogP contribution in [0.4, 0.5) is 0 Å². The summed E-state index contributed by atoms with van der Waals surface area (Å²) in [5.41, 5.74) is 6.28. The molecule has 3 nitrogen and oxygen atoms in total. The zero-order chi connectivity index (χ0) is 17.6. The molecule has 0 unspecified atom stereocenters. The van der Waals surface area contributed by atoms with E-state index in [0.717, 1.165) is 11.3 Å². The van der Waals surface area contributed by atoms with Crippen LogP contribution in [0.1, 0.15) is 22.4 Å². The molecule has 0 fully saturated rings. The Balaban J connectivity index is 1.92. The minimum atomic E-state index is -0.0849. The smallest absolute Gasteiger partial charge is 0.219 e. The van der Waals surface area contributed by atoms with Crippen molar-refractivity contribution in [1.29, 1.82) is 0 Å². The van der Waals surface area contributed by atoms with Gasteiger partial charge in [0.25, 0.3) is 0 Å². The fourth-order valence-electron chi connectivity index (χ4n) is 2.81. The lowest BCUT2D eigenvalue weighted by Crippen LogP contribution is -1.96. The Labute approximate surface area is 148 Å². The monoisotopic (exact) mass is 331 g/mol. The standard InChI is InChI=1S/C22H21NO2/c1-16-17(9-6-10-21(16)18-7-4-3-5-8-18)11-13-20-14-12-19(15-24)22(23-20)25-2/h3-14,24H,15H2,1-2H3/b13-11+. The van der Waals surface area contributed by atoms with Crippen LogP contribution in [0.15, 0.2) is 60.7 Å². The molecule has 3 aromatic rings. The van der Waals surface area contributed by atoms with Crippen molar-refractivity contribution in [1.82, 2.24) is 4.98 Å². The van der Waals surface area contributed by atoms with Crippen molar-refractivity contribution < 1.29 is 9.84 Å². The van der Waals surface area contributed by atoms with Crippen LogP contribution in [0.25, 0.3) is 23.3 Å². The van der Waals surface area contributed by atoms with Crippen LogP contribution < -0.4 is 4.74 Å². The highest BCUT2D eigenvalue weighted by atomic mass is 16.5. The van der Waals surface area contributed by atoms with Crippen molar-refractivity contribution >= 4 is 12.2 Å². The Morgan fingerprint density at radius 3 is 2.48 bits per heavy atom. The molecule has 0 aliphatic carbocycles. The molecule has 0 spiro atoms. The molecule has 0 atom stereocenters. The maximum atomic E-state index is 9.29. The number of rotatable bonds is 5. The van der Waals surface area contributed by atoms with Gasteiger partial charge < -0.3 is 9.84 Å². The average molecular weight is 331 g/mol. The zero-order valence-electron chi connectivity index (χ0n) is 14.4. The predicted molar refractivity (Wildman–Crippen MR) is 102 cm³/mol. The van der Waals surface area contributed by atoms with E-state index < -0.39 is 0 Å². The first-order valence-electron chi connectivity index (χ1n) is 8.21. The van der Waals surface area contributed by atoms with Gasteiger partial charge in [0.15, 0.2) is 0 Å². The average Bonchev–Trinajstić information content (AvgIpc) is 2.67. The molecule has 3 heteroatoms. The Morgan fingerprint density at radius 1 is 0.960 bits per heavy atom. The molecular weight excluding hydrogens is 310 g/mol. The van der Waals surface area contributed by atoms with E-state index in [0.29, 0.717) is 11.4 Å². The minimum absolute atomic E-state index is 0.0849. The maximum absolute atomic E-state index is 9.29. The Morgan fingerprint density at radius 2 is 1.76 bits per heavy atom. The van der Waals surface area contributed by atoms with Crippen LogP contribution in [-0.4, -0.2) is 17.2 Å². The molecule has 25 heavy (non-hydrogen) atoms. The second-order valence-electron chi connectivity index (χ2n) is 5.78. The van der Waals surface area contributed by atoms with Crippen molar-refractivity contribution in [2.45, 2.75) is 13.5 Å². The van der Waals surface area contributed by atoms with Gasteiger partial charge in [0.2, 0.25) is 5.88 Å². The Kier molecular flexibility index (Phi) is 5.26. The molecule has 3 rings (SSSR count). The van der Waals surface area contributed by atoms with Crippen LogP contribution in [0.2, 0.25) is 0 Å². The van der Waals surface area contributed by atoms with Crippen molar-refractivity contribution in [2.75, 3.05) is 7.11 Å². The molecule has 1 aromatic heterocycles. The summed E-state index contributed by atoms with van der Waals surface area (Å²) < 4.78 is 5.22. The quantitative estimate of drug-likeness (QED) is 0.735. The van der Waals surface area contributed by atoms with Gasteiger partial charge in [-0.3, -0.25) is 0 Å². The summed E-state index contributed by atoms with van der Waals surface area (Å²) in [4.78, 5) is 4.42. The number of aliphatic hydroxyl groups excluding tert-OH is 1. The minimum Gasteiger partial charge on any atom is -0.481 e. The molecule has 126 valence electrons. The second kappa shape index (κ2) is 7.77. The predicted octanol–water partition coefficient (Wildman–Crippen LogP) is 4.73. The van der Waals surface area contributed by atoms with E-state index in [2.05, 4.69) is 60.4 Å². The summed E-state index contributed by atoms with van der Waals surface area (Å²) in [6, 6.07) is 20.4. The van der Waals surface area contributed by atoms with Crippen molar-refractivity contribution in [3.8, 4) is 17.0 Å². The van der Waals surface area contributed by atoms with Gasteiger partial charge in [0, 0.05) is 5.56 Å². The fraction of sp³-hybridized carbons (Fsp3) is 0.136. The van der Waals surface area contributed by atoms with Crippen LogP contribution >= 0.6 is 0 Å². The highest BCUT2D eigenvalue weighted by Crippen LogP contribution is 2.26. The molecule has 0 aliphatic heterocycles. The highest BCUT2D eigenvalue weighted by molar-refractivity contribution is 5.76. The number of ether oxygens (including phenoxy) is 1. The summed E-state index contributed by atoms with van der Waals surface area (Å²) in [5.74, 6) is 0.458. The van der Waals surface area contributed by atoms with Gasteiger partial charge in [0.1, 0.15) is 0 Å². The molecule has 1 N–H and O–H groups in total. The first-order chi connectivity index (χ1) is 12.2. The van der Waals surface area contributed by atoms with Gasteiger partial charge in [-0.15, -0.1) is 0 Å². The summed E-state index contributed by atoms with van der Waals surface area (Å²) in [6.07, 6.45) is 4.02. The summed E-state index contributed by atoms with van der Waals surface area (Å²) >= 11 is 0. The van der Waals surface area contributed by atoms with E-state index in [-0.39, 0.29) is 6.61 Å². The van der Waals surface area contributed by atoms with Crippen molar-refractivity contribution in [3.05, 3.63) is 83.0 Å². The molecule has 0 radical (unpaired) electrons. The van der Waals surface area contributed by atoms with Crippen molar-refractivity contribution in [3.63, 3.8) is 0 Å². The molecule has 0 aliphatic rings. The zero-order valence-corrected chi connectivity index (χ0v) is 14.4. The van der Waals surface area contributed by atoms with E-state index in [9.17, 15) is 5.11 Å². The lowest BCUT2D eigenvalue weighted by molar-refractivity contribution is 0.271. The SMILES string of the molecule is COc1nc(/C=C/c2cccc(-c3ccccc3)c2C)ccc1CO. The van der Waals surface area contributed by atoms with Crippen LogP contribution in [0.5, 0.6) is 5.88 Å². The fourth-order valence-corrected chi connectivity index (χ4v) is 2.81. The number of benzene rings is 2. The first-order valence-corrected chi connectivity index (χ1v) is 8.21. The van der Waals surface area contributed by atoms with Crippen molar-refractivity contribution in [2.24, 2.45) is 0 Å². The van der Waals surface area contributed by atoms with Crippen LogP contribution in [0.3, 0.4) is 0 Å². The number of methoxy groups -OCH3 is 1. The highest BCUT2D eigenvalue weighted by Gasteiger charge is 2.05. The third kappa shape index (κ3) is 3.78. The van der Waals surface area contributed by atoms with Gasteiger partial charge in [-0.1, -0.05) is 54.6 Å². The third-order valence-electron chi connectivity index (χ3n) is 4.22. The maximum Gasteiger partial charge on any atom is 0.219 e. The number of hydrogen-bond donors (Lipinski definition) is 1. The molecular formula is C22H21NO2. The lowest BCUT2D eigenvalue weighted by atomic mass is 9.96. The molecule has 0 saturated carbocycles. The summed E-state index contributed by atoms with van der Waals surface area (Å²) in [5, 5.41) is 9.29. The van der Waals surface area contributed by atoms with E-state index in [1.54, 1.807) is 7.11 Å². The van der Waals surface area contributed by atoms with E-state index in [1.165, 1.54) is 16.7 Å². The largest absolute Gasteiger partial charge is 0.481 e. The van der Waals surface area contributed by atoms with E-state index >= 15 is 0 Å². The second-order valence-corrected chi connectivity index (χ2v) is 5.78. The Hall–Kier alpha value is -2.91. The molecule has 0 saturated heterocycles. The summed E-state index contributed by atoms with van der Waals surface area (Å²) in [7, 11) is 1.56. The topological polar surface area (TPSA) is 42.4 Å². The normalized spacial score (nSPS) is 11.0.